The summed E-state index contributed by atoms with van der Waals surface area (Å²) in [5.74, 6) is -5.62. The Hall–Kier alpha value is -2.87. The van der Waals surface area contributed by atoms with Crippen LogP contribution in [0.5, 0.6) is 5.75 Å². The average Bonchev–Trinajstić information content (AvgIpc) is 2.94. The number of carbonyl (C=O) groups excluding carboxylic acids is 1. The van der Waals surface area contributed by atoms with Gasteiger partial charge >= 0.3 is 5.97 Å². The molecule has 2 aliphatic carbocycles. The molecule has 0 spiro atoms. The minimum absolute atomic E-state index is 0.0154. The maximum Gasteiger partial charge on any atom is 0.341 e. The molecule has 0 saturated heterocycles. The topological polar surface area (TPSA) is 44.8 Å². The van der Waals surface area contributed by atoms with Crippen LogP contribution in [0.25, 0.3) is 0 Å². The van der Waals surface area contributed by atoms with Crippen molar-refractivity contribution in [1.82, 2.24) is 0 Å². The molecule has 0 aromatic heterocycles. The second-order valence-corrected chi connectivity index (χ2v) is 10.3. The molecule has 2 aromatic rings. The van der Waals surface area contributed by atoms with Gasteiger partial charge in [-0.3, -0.25) is 0 Å². The summed E-state index contributed by atoms with van der Waals surface area (Å²) in [6, 6.07) is 5.74. The van der Waals surface area contributed by atoms with E-state index < -0.39 is 40.9 Å². The van der Waals surface area contributed by atoms with Crippen molar-refractivity contribution < 1.29 is 36.6 Å². The van der Waals surface area contributed by atoms with Gasteiger partial charge in [0.05, 0.1) is 18.3 Å². The Balaban J connectivity index is 1.33. The van der Waals surface area contributed by atoms with Crippen LogP contribution < -0.4 is 4.74 Å². The number of ether oxygens (including phenoxy) is 3. The molecular weight excluding hydrogens is 512 g/mol. The normalized spacial score (nSPS) is 23.3. The summed E-state index contributed by atoms with van der Waals surface area (Å²) in [5.41, 5.74) is 0.258. The van der Waals surface area contributed by atoms with Crippen molar-refractivity contribution >= 4 is 5.97 Å². The van der Waals surface area contributed by atoms with Gasteiger partial charge < -0.3 is 14.2 Å². The number of esters is 1. The third-order valence-electron chi connectivity index (χ3n) is 7.89. The van der Waals surface area contributed by atoms with E-state index in [1.54, 1.807) is 18.2 Å². The Kier molecular flexibility index (Phi) is 10.1. The van der Waals surface area contributed by atoms with E-state index in [0.717, 1.165) is 31.7 Å². The Morgan fingerprint density at radius 2 is 1.38 bits per heavy atom. The fraction of sp³-hybridized carbons (Fsp3) is 0.516. The van der Waals surface area contributed by atoms with Gasteiger partial charge in [-0.15, -0.1) is 6.58 Å². The SMILES string of the molecule is C=CCCOc1ccc(C(=O)OC2CCC(c3ccc(C4CCC(OCC)CC4)c(F)c3F)CC2)c(F)c1F. The van der Waals surface area contributed by atoms with Crippen LogP contribution in [-0.4, -0.2) is 31.4 Å². The Labute approximate surface area is 227 Å². The van der Waals surface area contributed by atoms with Crippen LogP contribution in [0.4, 0.5) is 17.6 Å². The minimum Gasteiger partial charge on any atom is -0.490 e. The smallest absolute Gasteiger partial charge is 0.341 e. The number of carbonyl (C=O) groups is 1. The quantitative estimate of drug-likeness (QED) is 0.130. The first-order valence-corrected chi connectivity index (χ1v) is 13.9. The van der Waals surface area contributed by atoms with Crippen LogP contribution in [0.1, 0.15) is 98.0 Å². The molecule has 2 saturated carbocycles. The summed E-state index contributed by atoms with van der Waals surface area (Å²) in [6.07, 6.45) is 6.74. The molecule has 0 radical (unpaired) electrons. The second-order valence-electron chi connectivity index (χ2n) is 10.3. The molecule has 4 rings (SSSR count). The monoisotopic (exact) mass is 548 g/mol. The van der Waals surface area contributed by atoms with Crippen LogP contribution in [0.2, 0.25) is 0 Å². The standard InChI is InChI=1S/C31H36F4O4/c1-3-5-18-38-26-17-16-25(29(34)30(26)35)31(36)39-22-12-8-20(9-13-22)24-15-14-23(27(32)28(24)33)19-6-10-21(11-7-19)37-4-2/h3,14-17,19-22H,1,4-13,18H2,2H3. The van der Waals surface area contributed by atoms with E-state index in [-0.39, 0.29) is 30.3 Å². The summed E-state index contributed by atoms with van der Waals surface area (Å²) in [6.45, 7) is 6.28. The summed E-state index contributed by atoms with van der Waals surface area (Å²) >= 11 is 0. The van der Waals surface area contributed by atoms with Crippen molar-refractivity contribution in [3.05, 3.63) is 76.9 Å². The van der Waals surface area contributed by atoms with Gasteiger partial charge in [0.25, 0.3) is 0 Å². The summed E-state index contributed by atoms with van der Waals surface area (Å²) < 4.78 is 75.4. The number of hydrogen-bond acceptors (Lipinski definition) is 4. The zero-order chi connectivity index (χ0) is 27.9. The van der Waals surface area contributed by atoms with Crippen molar-refractivity contribution in [3.8, 4) is 5.75 Å². The third-order valence-corrected chi connectivity index (χ3v) is 7.89. The molecule has 0 unspecified atom stereocenters. The van der Waals surface area contributed by atoms with E-state index in [1.807, 2.05) is 6.92 Å². The third kappa shape index (κ3) is 6.83. The largest absolute Gasteiger partial charge is 0.490 e. The van der Waals surface area contributed by atoms with Gasteiger partial charge in [-0.1, -0.05) is 18.2 Å². The zero-order valence-corrected chi connectivity index (χ0v) is 22.3. The minimum atomic E-state index is -1.33. The first-order valence-electron chi connectivity index (χ1n) is 13.9. The molecule has 0 aliphatic heterocycles. The number of benzene rings is 2. The Morgan fingerprint density at radius 3 is 1.92 bits per heavy atom. The lowest BCUT2D eigenvalue weighted by molar-refractivity contribution is 0.0187. The lowest BCUT2D eigenvalue weighted by Gasteiger charge is -2.31. The summed E-state index contributed by atoms with van der Waals surface area (Å²) in [4.78, 5) is 12.6. The predicted octanol–water partition coefficient (Wildman–Crippen LogP) is 8.14. The lowest BCUT2D eigenvalue weighted by atomic mass is 9.79. The predicted molar refractivity (Wildman–Crippen MR) is 140 cm³/mol. The Morgan fingerprint density at radius 1 is 0.821 bits per heavy atom. The molecule has 0 amide bonds. The number of rotatable bonds is 10. The van der Waals surface area contributed by atoms with Crippen molar-refractivity contribution in [2.75, 3.05) is 13.2 Å². The van der Waals surface area contributed by atoms with Crippen molar-refractivity contribution in [3.63, 3.8) is 0 Å². The molecule has 0 bridgehead atoms. The van der Waals surface area contributed by atoms with E-state index in [1.165, 1.54) is 6.07 Å². The highest BCUT2D eigenvalue weighted by Crippen LogP contribution is 2.40. The van der Waals surface area contributed by atoms with Gasteiger partial charge in [0.15, 0.2) is 23.2 Å². The highest BCUT2D eigenvalue weighted by atomic mass is 19.2. The maximum atomic E-state index is 15.2. The zero-order valence-electron chi connectivity index (χ0n) is 22.3. The summed E-state index contributed by atoms with van der Waals surface area (Å²) in [7, 11) is 0. The van der Waals surface area contributed by atoms with Crippen molar-refractivity contribution in [2.24, 2.45) is 0 Å². The van der Waals surface area contributed by atoms with Crippen molar-refractivity contribution in [2.45, 2.75) is 88.8 Å². The van der Waals surface area contributed by atoms with Crippen molar-refractivity contribution in [1.29, 1.82) is 0 Å². The van der Waals surface area contributed by atoms with Gasteiger partial charge in [0.2, 0.25) is 5.82 Å². The molecule has 4 nitrogen and oxygen atoms in total. The van der Waals surface area contributed by atoms with Crippen LogP contribution in [0.15, 0.2) is 36.9 Å². The van der Waals surface area contributed by atoms with Gasteiger partial charge in [0.1, 0.15) is 6.10 Å². The fourth-order valence-corrected chi connectivity index (χ4v) is 5.75. The molecule has 0 atom stereocenters. The van der Waals surface area contributed by atoms with Gasteiger partial charge in [-0.25, -0.2) is 18.0 Å². The van der Waals surface area contributed by atoms with Gasteiger partial charge in [0, 0.05) is 6.61 Å². The van der Waals surface area contributed by atoms with E-state index >= 15 is 8.78 Å². The Bertz CT molecular complexity index is 1150. The van der Waals surface area contributed by atoms with Crippen LogP contribution >= 0.6 is 0 Å². The molecule has 212 valence electrons. The van der Waals surface area contributed by atoms with Gasteiger partial charge in [-0.2, -0.15) is 4.39 Å². The fourth-order valence-electron chi connectivity index (χ4n) is 5.75. The van der Waals surface area contributed by atoms with E-state index in [9.17, 15) is 13.6 Å². The molecular formula is C31H36F4O4. The summed E-state index contributed by atoms with van der Waals surface area (Å²) in [5, 5.41) is 0. The average molecular weight is 549 g/mol. The number of hydrogen-bond donors (Lipinski definition) is 0. The van der Waals surface area contributed by atoms with E-state index in [0.29, 0.717) is 49.8 Å². The first kappa shape index (κ1) is 29.1. The molecule has 2 fully saturated rings. The lowest BCUT2D eigenvalue weighted by Crippen LogP contribution is -2.25. The first-order chi connectivity index (χ1) is 18.8. The van der Waals surface area contributed by atoms with E-state index in [2.05, 4.69) is 6.58 Å². The maximum absolute atomic E-state index is 15.2. The molecule has 2 aromatic carbocycles. The van der Waals surface area contributed by atoms with E-state index in [4.69, 9.17) is 14.2 Å². The highest BCUT2D eigenvalue weighted by Gasteiger charge is 2.31. The molecule has 0 heterocycles. The number of halogens is 4. The van der Waals surface area contributed by atoms with Crippen LogP contribution in [-0.2, 0) is 9.47 Å². The molecule has 39 heavy (non-hydrogen) atoms. The molecule has 2 aliphatic rings. The van der Waals surface area contributed by atoms with Gasteiger partial charge in [-0.05, 0) is 99.8 Å². The molecule has 8 heteroatoms. The highest BCUT2D eigenvalue weighted by molar-refractivity contribution is 5.90. The second kappa shape index (κ2) is 13.5. The molecule has 0 N–H and O–H groups in total. The van der Waals surface area contributed by atoms with Crippen LogP contribution in [0.3, 0.4) is 0 Å². The van der Waals surface area contributed by atoms with Crippen LogP contribution in [0, 0.1) is 23.3 Å².